The number of hydrogen-bond acceptors (Lipinski definition) is 2. The minimum absolute atomic E-state index is 0.564. The zero-order valence-corrected chi connectivity index (χ0v) is 16.2. The Labute approximate surface area is 165 Å². The Kier molecular flexibility index (Phi) is 6.88. The quantitative estimate of drug-likeness (QED) is 0.483. The monoisotopic (exact) mass is 381 g/mol. The number of halogens is 1. The second kappa shape index (κ2) is 9.78. The number of aromatic nitrogens is 2. The van der Waals surface area contributed by atoms with Crippen LogP contribution in [0.2, 0.25) is 5.02 Å². The van der Waals surface area contributed by atoms with Crippen molar-refractivity contribution in [3.63, 3.8) is 0 Å². The Morgan fingerprint density at radius 3 is 2.67 bits per heavy atom. The third-order valence-corrected chi connectivity index (χ3v) is 4.30. The van der Waals surface area contributed by atoms with E-state index in [0.717, 1.165) is 35.5 Å². The van der Waals surface area contributed by atoms with Gasteiger partial charge in [-0.1, -0.05) is 54.1 Å². The average molecular weight is 382 g/mol. The number of imidazole rings is 1. The molecule has 0 saturated heterocycles. The molecular formula is C21H24ClN5. The van der Waals surface area contributed by atoms with E-state index in [0.29, 0.717) is 13.1 Å². The Hall–Kier alpha value is -2.79. The van der Waals surface area contributed by atoms with Crippen molar-refractivity contribution >= 4 is 17.6 Å². The third-order valence-electron chi connectivity index (χ3n) is 4.06. The smallest absolute Gasteiger partial charge is 0.191 e. The first-order valence-corrected chi connectivity index (χ1v) is 9.43. The molecule has 0 aliphatic carbocycles. The lowest BCUT2D eigenvalue weighted by Crippen LogP contribution is -2.37. The van der Waals surface area contributed by atoms with Crippen LogP contribution in [-0.2, 0) is 19.6 Å². The lowest BCUT2D eigenvalue weighted by Gasteiger charge is -2.13. The molecule has 0 fully saturated rings. The van der Waals surface area contributed by atoms with Crippen LogP contribution in [0.1, 0.15) is 23.9 Å². The molecule has 0 unspecified atom stereocenters. The molecule has 0 amide bonds. The van der Waals surface area contributed by atoms with Crippen LogP contribution in [0.15, 0.2) is 72.0 Å². The van der Waals surface area contributed by atoms with E-state index in [1.807, 2.05) is 49.6 Å². The van der Waals surface area contributed by atoms with Gasteiger partial charge in [0.2, 0.25) is 0 Å². The predicted octanol–water partition coefficient (Wildman–Crippen LogP) is 3.84. The van der Waals surface area contributed by atoms with Crippen molar-refractivity contribution < 1.29 is 0 Å². The van der Waals surface area contributed by atoms with E-state index >= 15 is 0 Å². The van der Waals surface area contributed by atoms with Gasteiger partial charge in [-0.25, -0.2) is 9.98 Å². The van der Waals surface area contributed by atoms with Gasteiger partial charge in [0, 0.05) is 30.5 Å². The number of aliphatic imine (C=N–C) groups is 1. The standard InChI is InChI=1S/C21H24ClN5/c1-2-23-21(25-14-18-9-6-10-19(22)13-18)26-15-20-24-11-12-27(20)16-17-7-4-3-5-8-17/h3-13H,2,14-16H2,1H3,(H2,23,25,26). The van der Waals surface area contributed by atoms with E-state index in [4.69, 9.17) is 11.6 Å². The Morgan fingerprint density at radius 1 is 1.07 bits per heavy atom. The highest BCUT2D eigenvalue weighted by Gasteiger charge is 2.05. The number of nitrogens with zero attached hydrogens (tertiary/aromatic N) is 3. The van der Waals surface area contributed by atoms with Gasteiger partial charge in [-0.3, -0.25) is 0 Å². The summed E-state index contributed by atoms with van der Waals surface area (Å²) in [5, 5.41) is 7.35. The lowest BCUT2D eigenvalue weighted by atomic mass is 10.2. The van der Waals surface area contributed by atoms with Crippen molar-refractivity contribution in [2.45, 2.75) is 26.6 Å². The maximum absolute atomic E-state index is 6.04. The van der Waals surface area contributed by atoms with Crippen LogP contribution < -0.4 is 10.6 Å². The number of rotatable bonds is 7. The van der Waals surface area contributed by atoms with Gasteiger partial charge in [-0.05, 0) is 30.2 Å². The van der Waals surface area contributed by atoms with Gasteiger partial charge in [0.05, 0.1) is 13.1 Å². The van der Waals surface area contributed by atoms with Gasteiger partial charge in [-0.15, -0.1) is 0 Å². The van der Waals surface area contributed by atoms with Gasteiger partial charge in [-0.2, -0.15) is 0 Å². The van der Waals surface area contributed by atoms with Crippen molar-refractivity contribution in [2.24, 2.45) is 4.99 Å². The minimum atomic E-state index is 0.564. The normalized spacial score (nSPS) is 11.4. The summed E-state index contributed by atoms with van der Waals surface area (Å²) in [4.78, 5) is 9.11. The van der Waals surface area contributed by atoms with Crippen LogP contribution >= 0.6 is 11.6 Å². The molecule has 2 aromatic carbocycles. The molecule has 140 valence electrons. The van der Waals surface area contributed by atoms with Crippen LogP contribution in [0.3, 0.4) is 0 Å². The summed E-state index contributed by atoms with van der Waals surface area (Å²) < 4.78 is 2.14. The largest absolute Gasteiger partial charge is 0.357 e. The molecule has 2 N–H and O–H groups in total. The highest BCUT2D eigenvalue weighted by molar-refractivity contribution is 6.30. The number of nitrogens with one attached hydrogen (secondary N) is 2. The van der Waals surface area contributed by atoms with Crippen LogP contribution in [0.4, 0.5) is 0 Å². The predicted molar refractivity (Wildman–Crippen MR) is 111 cm³/mol. The van der Waals surface area contributed by atoms with Crippen molar-refractivity contribution in [2.75, 3.05) is 6.54 Å². The first-order valence-electron chi connectivity index (χ1n) is 9.05. The molecule has 1 aromatic heterocycles. The summed E-state index contributed by atoms with van der Waals surface area (Å²) in [6.45, 7) is 4.80. The van der Waals surface area contributed by atoms with E-state index in [-0.39, 0.29) is 0 Å². The zero-order chi connectivity index (χ0) is 18.9. The first-order chi connectivity index (χ1) is 13.2. The summed E-state index contributed by atoms with van der Waals surface area (Å²) >= 11 is 6.04. The Bertz CT molecular complexity index is 873. The molecule has 5 nitrogen and oxygen atoms in total. The number of guanidine groups is 1. The van der Waals surface area contributed by atoms with Gasteiger partial charge >= 0.3 is 0 Å². The highest BCUT2D eigenvalue weighted by atomic mass is 35.5. The molecule has 3 rings (SSSR count). The fourth-order valence-electron chi connectivity index (χ4n) is 2.74. The Balaban J connectivity index is 1.63. The summed E-state index contributed by atoms with van der Waals surface area (Å²) in [6.07, 6.45) is 3.83. The summed E-state index contributed by atoms with van der Waals surface area (Å²) in [7, 11) is 0. The van der Waals surface area contributed by atoms with Gasteiger partial charge in [0.25, 0.3) is 0 Å². The molecule has 27 heavy (non-hydrogen) atoms. The average Bonchev–Trinajstić information content (AvgIpc) is 3.12. The van der Waals surface area contributed by atoms with E-state index in [2.05, 4.69) is 49.4 Å². The Morgan fingerprint density at radius 2 is 1.89 bits per heavy atom. The molecule has 0 aliphatic rings. The van der Waals surface area contributed by atoms with E-state index in [9.17, 15) is 0 Å². The minimum Gasteiger partial charge on any atom is -0.357 e. The molecule has 0 aliphatic heterocycles. The van der Waals surface area contributed by atoms with E-state index in [1.165, 1.54) is 5.56 Å². The summed E-state index contributed by atoms with van der Waals surface area (Å²) in [5.41, 5.74) is 2.32. The molecular weight excluding hydrogens is 358 g/mol. The molecule has 1 heterocycles. The second-order valence-electron chi connectivity index (χ2n) is 6.14. The zero-order valence-electron chi connectivity index (χ0n) is 15.4. The fourth-order valence-corrected chi connectivity index (χ4v) is 2.95. The van der Waals surface area contributed by atoms with Crippen molar-refractivity contribution in [3.8, 4) is 0 Å². The fraction of sp³-hybridized carbons (Fsp3) is 0.238. The van der Waals surface area contributed by atoms with Crippen LogP contribution in [0, 0.1) is 0 Å². The summed E-state index contributed by atoms with van der Waals surface area (Å²) in [5.74, 6) is 1.72. The van der Waals surface area contributed by atoms with Gasteiger partial charge < -0.3 is 15.2 Å². The number of hydrogen-bond donors (Lipinski definition) is 2. The van der Waals surface area contributed by atoms with E-state index in [1.54, 1.807) is 0 Å². The van der Waals surface area contributed by atoms with Gasteiger partial charge in [0.15, 0.2) is 5.96 Å². The summed E-state index contributed by atoms with van der Waals surface area (Å²) in [6, 6.07) is 18.1. The molecule has 0 radical (unpaired) electrons. The molecule has 0 bridgehead atoms. The maximum atomic E-state index is 6.04. The van der Waals surface area contributed by atoms with Crippen molar-refractivity contribution in [3.05, 3.63) is 89.0 Å². The van der Waals surface area contributed by atoms with Crippen LogP contribution in [0.5, 0.6) is 0 Å². The molecule has 0 saturated carbocycles. The molecule has 6 heteroatoms. The van der Waals surface area contributed by atoms with Crippen molar-refractivity contribution in [1.29, 1.82) is 0 Å². The highest BCUT2D eigenvalue weighted by Crippen LogP contribution is 2.11. The third kappa shape index (κ3) is 5.86. The van der Waals surface area contributed by atoms with Crippen LogP contribution in [0.25, 0.3) is 0 Å². The lowest BCUT2D eigenvalue weighted by molar-refractivity contribution is 0.688. The van der Waals surface area contributed by atoms with Crippen LogP contribution in [-0.4, -0.2) is 22.1 Å². The maximum Gasteiger partial charge on any atom is 0.191 e. The number of benzene rings is 2. The van der Waals surface area contributed by atoms with Crippen molar-refractivity contribution in [1.82, 2.24) is 20.2 Å². The molecule has 3 aromatic rings. The molecule has 0 atom stereocenters. The topological polar surface area (TPSA) is 54.2 Å². The second-order valence-corrected chi connectivity index (χ2v) is 6.57. The van der Waals surface area contributed by atoms with E-state index < -0.39 is 0 Å². The SMILES string of the molecule is CCNC(=NCc1cccc(Cl)c1)NCc1nccn1Cc1ccccc1. The van der Waals surface area contributed by atoms with Gasteiger partial charge in [0.1, 0.15) is 5.82 Å². The first kappa shape index (κ1) is 19.0. The molecule has 0 spiro atoms.